The zero-order chi connectivity index (χ0) is 10.8. The molecule has 2 rings (SSSR count). The van der Waals surface area contributed by atoms with E-state index >= 15 is 0 Å². The molecule has 1 aromatic rings. The maximum absolute atomic E-state index is 11.9. The number of aryl methyl sites for hydroxylation is 1. The number of thiazole rings is 1. The first-order valence-electron chi connectivity index (χ1n) is 5.02. The molecular weight excluding hydrogens is 212 g/mol. The molecule has 0 bridgehead atoms. The fourth-order valence-electron chi connectivity index (χ4n) is 1.71. The first-order valence-corrected chi connectivity index (χ1v) is 5.90. The van der Waals surface area contributed by atoms with E-state index in [0.29, 0.717) is 12.2 Å². The summed E-state index contributed by atoms with van der Waals surface area (Å²) in [5.41, 5.74) is 6.02. The van der Waals surface area contributed by atoms with E-state index in [2.05, 4.69) is 4.98 Å². The minimum absolute atomic E-state index is 0.00435. The molecule has 15 heavy (non-hydrogen) atoms. The number of ether oxygens (including phenoxy) is 1. The quantitative estimate of drug-likeness (QED) is 0.785. The number of rotatable bonds is 3. The summed E-state index contributed by atoms with van der Waals surface area (Å²) in [5, 5.41) is 2.70. The van der Waals surface area contributed by atoms with Crippen molar-refractivity contribution >= 4 is 17.1 Å². The number of aromatic nitrogens is 1. The number of nitrogens with two attached hydrogens (primary N) is 1. The molecule has 1 aliphatic heterocycles. The Bertz CT molecular complexity index is 364. The maximum atomic E-state index is 11.9. The van der Waals surface area contributed by atoms with Crippen LogP contribution in [0.4, 0.5) is 0 Å². The Morgan fingerprint density at radius 3 is 3.07 bits per heavy atom. The lowest BCUT2D eigenvalue weighted by atomic mass is 10.1. The molecule has 2 atom stereocenters. The van der Waals surface area contributed by atoms with E-state index in [0.717, 1.165) is 17.8 Å². The number of hydrogen-bond donors (Lipinski definition) is 1. The summed E-state index contributed by atoms with van der Waals surface area (Å²) in [6.07, 6.45) is 1.34. The SMILES string of the molecule is Cc1nc(C(=O)C2CCC(CN)O2)cs1. The van der Waals surface area contributed by atoms with Gasteiger partial charge < -0.3 is 10.5 Å². The molecule has 2 heterocycles. The van der Waals surface area contributed by atoms with Gasteiger partial charge in [-0.05, 0) is 19.8 Å². The van der Waals surface area contributed by atoms with Gasteiger partial charge in [-0.2, -0.15) is 0 Å². The van der Waals surface area contributed by atoms with E-state index in [-0.39, 0.29) is 18.0 Å². The van der Waals surface area contributed by atoms with Gasteiger partial charge in [0.05, 0.1) is 11.1 Å². The molecule has 5 heteroatoms. The van der Waals surface area contributed by atoms with Crippen LogP contribution in [0.3, 0.4) is 0 Å². The lowest BCUT2D eigenvalue weighted by Crippen LogP contribution is -2.25. The number of carbonyl (C=O) groups is 1. The van der Waals surface area contributed by atoms with Crippen molar-refractivity contribution in [2.75, 3.05) is 6.54 Å². The van der Waals surface area contributed by atoms with Crippen LogP contribution in [-0.4, -0.2) is 29.5 Å². The molecule has 2 unspecified atom stereocenters. The summed E-state index contributed by atoms with van der Waals surface area (Å²) in [4.78, 5) is 16.1. The Labute approximate surface area is 92.5 Å². The van der Waals surface area contributed by atoms with Gasteiger partial charge in [-0.1, -0.05) is 0 Å². The molecule has 1 aromatic heterocycles. The van der Waals surface area contributed by atoms with Crippen molar-refractivity contribution in [1.29, 1.82) is 0 Å². The maximum Gasteiger partial charge on any atom is 0.210 e. The average Bonchev–Trinajstić information content (AvgIpc) is 2.84. The average molecular weight is 226 g/mol. The van der Waals surface area contributed by atoms with Crippen LogP contribution in [0.15, 0.2) is 5.38 Å². The molecule has 0 radical (unpaired) electrons. The van der Waals surface area contributed by atoms with Gasteiger partial charge in [0.1, 0.15) is 11.8 Å². The summed E-state index contributed by atoms with van der Waals surface area (Å²) in [6, 6.07) is 0. The fourth-order valence-corrected chi connectivity index (χ4v) is 2.32. The summed E-state index contributed by atoms with van der Waals surface area (Å²) in [6.45, 7) is 2.37. The highest BCUT2D eigenvalue weighted by Gasteiger charge is 2.31. The van der Waals surface area contributed by atoms with Crippen molar-refractivity contribution in [2.24, 2.45) is 5.73 Å². The molecule has 4 nitrogen and oxygen atoms in total. The molecule has 0 aromatic carbocycles. The highest BCUT2D eigenvalue weighted by Crippen LogP contribution is 2.22. The highest BCUT2D eigenvalue weighted by atomic mass is 32.1. The van der Waals surface area contributed by atoms with Crippen molar-refractivity contribution in [2.45, 2.75) is 32.0 Å². The molecule has 0 spiro atoms. The Morgan fingerprint density at radius 2 is 2.53 bits per heavy atom. The number of hydrogen-bond acceptors (Lipinski definition) is 5. The topological polar surface area (TPSA) is 65.2 Å². The van der Waals surface area contributed by atoms with Gasteiger partial charge in [-0.3, -0.25) is 4.79 Å². The van der Waals surface area contributed by atoms with Crippen LogP contribution >= 0.6 is 11.3 Å². The van der Waals surface area contributed by atoms with Crippen LogP contribution in [0.25, 0.3) is 0 Å². The minimum Gasteiger partial charge on any atom is -0.365 e. The molecule has 82 valence electrons. The van der Waals surface area contributed by atoms with Crippen molar-refractivity contribution in [3.05, 3.63) is 16.1 Å². The van der Waals surface area contributed by atoms with Crippen molar-refractivity contribution in [3.8, 4) is 0 Å². The van der Waals surface area contributed by atoms with Gasteiger partial charge in [-0.15, -0.1) is 11.3 Å². The Hall–Kier alpha value is -0.780. The smallest absolute Gasteiger partial charge is 0.210 e. The third kappa shape index (κ3) is 2.25. The summed E-state index contributed by atoms with van der Waals surface area (Å²) < 4.78 is 5.53. The molecule has 0 aliphatic carbocycles. The molecular formula is C10H14N2O2S. The van der Waals surface area contributed by atoms with E-state index in [1.165, 1.54) is 11.3 Å². The third-order valence-electron chi connectivity index (χ3n) is 2.53. The molecule has 1 saturated heterocycles. The predicted molar refractivity (Wildman–Crippen MR) is 58.1 cm³/mol. The van der Waals surface area contributed by atoms with Gasteiger partial charge in [0, 0.05) is 11.9 Å². The second-order valence-electron chi connectivity index (χ2n) is 3.68. The predicted octanol–water partition coefficient (Wildman–Crippen LogP) is 1.14. The van der Waals surface area contributed by atoms with Gasteiger partial charge in [0.25, 0.3) is 0 Å². The summed E-state index contributed by atoms with van der Waals surface area (Å²) >= 11 is 1.49. The van der Waals surface area contributed by atoms with E-state index in [9.17, 15) is 4.79 Å². The van der Waals surface area contributed by atoms with Gasteiger partial charge in [0.2, 0.25) is 5.78 Å². The molecule has 0 amide bonds. The zero-order valence-corrected chi connectivity index (χ0v) is 9.42. The summed E-state index contributed by atoms with van der Waals surface area (Å²) in [7, 11) is 0. The van der Waals surface area contributed by atoms with Crippen LogP contribution in [-0.2, 0) is 4.74 Å². The van der Waals surface area contributed by atoms with Crippen LogP contribution in [0, 0.1) is 6.92 Å². The highest BCUT2D eigenvalue weighted by molar-refractivity contribution is 7.09. The van der Waals surface area contributed by atoms with Crippen molar-refractivity contribution in [3.63, 3.8) is 0 Å². The number of nitrogens with zero attached hydrogens (tertiary/aromatic N) is 1. The Morgan fingerprint density at radius 1 is 1.73 bits per heavy atom. The standard InChI is InChI=1S/C10H14N2O2S/c1-6-12-8(5-15-6)10(13)9-3-2-7(4-11)14-9/h5,7,9H,2-4,11H2,1H3. The fraction of sp³-hybridized carbons (Fsp3) is 0.600. The van der Waals surface area contributed by atoms with Gasteiger partial charge >= 0.3 is 0 Å². The van der Waals surface area contributed by atoms with Crippen molar-refractivity contribution < 1.29 is 9.53 Å². The largest absolute Gasteiger partial charge is 0.365 e. The van der Waals surface area contributed by atoms with E-state index in [4.69, 9.17) is 10.5 Å². The second kappa shape index (κ2) is 4.38. The van der Waals surface area contributed by atoms with Crippen LogP contribution < -0.4 is 5.73 Å². The van der Waals surface area contributed by atoms with E-state index in [1.54, 1.807) is 5.38 Å². The first-order chi connectivity index (χ1) is 7.20. The lowest BCUT2D eigenvalue weighted by molar-refractivity contribution is 0.0400. The normalized spacial score (nSPS) is 25.7. The minimum atomic E-state index is -0.333. The van der Waals surface area contributed by atoms with Gasteiger partial charge in [0.15, 0.2) is 0 Å². The monoisotopic (exact) mass is 226 g/mol. The number of Topliss-reactive ketones (excluding diaryl/α,β-unsaturated/α-hetero) is 1. The summed E-state index contributed by atoms with van der Waals surface area (Å²) in [5.74, 6) is -0.00435. The molecule has 1 fully saturated rings. The molecule has 1 aliphatic rings. The first kappa shape index (κ1) is 10.7. The van der Waals surface area contributed by atoms with E-state index in [1.807, 2.05) is 6.92 Å². The van der Waals surface area contributed by atoms with Crippen molar-refractivity contribution in [1.82, 2.24) is 4.98 Å². The Balaban J connectivity index is 2.03. The van der Waals surface area contributed by atoms with Crippen LogP contribution in [0.2, 0.25) is 0 Å². The number of carbonyl (C=O) groups excluding carboxylic acids is 1. The van der Waals surface area contributed by atoms with Crippen LogP contribution in [0.5, 0.6) is 0 Å². The molecule has 0 saturated carbocycles. The zero-order valence-electron chi connectivity index (χ0n) is 8.60. The van der Waals surface area contributed by atoms with Crippen LogP contribution in [0.1, 0.15) is 28.3 Å². The molecule has 2 N–H and O–H groups in total. The second-order valence-corrected chi connectivity index (χ2v) is 4.74. The Kier molecular flexibility index (Phi) is 3.14. The lowest BCUT2D eigenvalue weighted by Gasteiger charge is -2.09. The third-order valence-corrected chi connectivity index (χ3v) is 3.31. The van der Waals surface area contributed by atoms with E-state index < -0.39 is 0 Å². The van der Waals surface area contributed by atoms with Gasteiger partial charge in [-0.25, -0.2) is 4.98 Å². The number of ketones is 1.